The highest BCUT2D eigenvalue weighted by molar-refractivity contribution is 5.25. The lowest BCUT2D eigenvalue weighted by molar-refractivity contribution is -0.122. The monoisotopic (exact) mass is 265 g/mol. The van der Waals surface area contributed by atoms with Crippen molar-refractivity contribution in [3.8, 4) is 0 Å². The van der Waals surface area contributed by atoms with E-state index in [1.54, 1.807) is 14.2 Å². The van der Waals surface area contributed by atoms with Crippen LogP contribution in [0, 0.1) is 0 Å². The Balaban J connectivity index is 2.72. The van der Waals surface area contributed by atoms with Gasteiger partial charge in [0, 0.05) is 14.2 Å². The topological polar surface area (TPSA) is 30.5 Å². The maximum Gasteiger partial charge on any atom is 0.172 e. The van der Waals surface area contributed by atoms with Crippen LogP contribution in [-0.2, 0) is 15.9 Å². The lowest BCUT2D eigenvalue weighted by Crippen LogP contribution is -2.43. The van der Waals surface area contributed by atoms with Crippen LogP contribution < -0.4 is 5.32 Å². The number of methoxy groups -OCH3 is 2. The van der Waals surface area contributed by atoms with E-state index in [-0.39, 0.29) is 12.3 Å². The van der Waals surface area contributed by atoms with E-state index in [0.29, 0.717) is 5.92 Å². The van der Waals surface area contributed by atoms with Gasteiger partial charge in [0.2, 0.25) is 0 Å². The predicted octanol–water partition coefficient (Wildman–Crippen LogP) is 2.95. The van der Waals surface area contributed by atoms with E-state index in [4.69, 9.17) is 9.47 Å². The van der Waals surface area contributed by atoms with Gasteiger partial charge in [-0.1, -0.05) is 45.0 Å². The van der Waals surface area contributed by atoms with Crippen molar-refractivity contribution in [3.05, 3.63) is 35.4 Å². The number of hydrogen-bond donors (Lipinski definition) is 1. The molecule has 0 spiro atoms. The van der Waals surface area contributed by atoms with Crippen LogP contribution in [0.3, 0.4) is 0 Å². The molecular formula is C16H27NO2. The molecule has 0 fully saturated rings. The van der Waals surface area contributed by atoms with Crippen molar-refractivity contribution >= 4 is 0 Å². The Bertz CT molecular complexity index is 344. The van der Waals surface area contributed by atoms with Crippen molar-refractivity contribution in [1.29, 1.82) is 0 Å². The molecule has 1 atom stereocenters. The first kappa shape index (κ1) is 16.2. The summed E-state index contributed by atoms with van der Waals surface area (Å²) in [4.78, 5) is 0. The normalized spacial score (nSPS) is 13.2. The van der Waals surface area contributed by atoms with Gasteiger partial charge in [0.15, 0.2) is 6.29 Å². The van der Waals surface area contributed by atoms with E-state index in [1.807, 2.05) is 0 Å². The molecule has 0 aliphatic heterocycles. The quantitative estimate of drug-likeness (QED) is 0.733. The van der Waals surface area contributed by atoms with Gasteiger partial charge in [0.1, 0.15) is 0 Å². The minimum atomic E-state index is -0.218. The first-order valence-electron chi connectivity index (χ1n) is 7.00. The molecule has 3 nitrogen and oxygen atoms in total. The highest BCUT2D eigenvalue weighted by Gasteiger charge is 2.20. The first-order chi connectivity index (χ1) is 9.12. The summed E-state index contributed by atoms with van der Waals surface area (Å²) >= 11 is 0. The molecule has 0 bridgehead atoms. The Morgan fingerprint density at radius 2 is 1.63 bits per heavy atom. The molecule has 19 heavy (non-hydrogen) atoms. The summed E-state index contributed by atoms with van der Waals surface area (Å²) in [5.41, 5.74) is 2.67. The molecule has 0 saturated carbocycles. The van der Waals surface area contributed by atoms with Crippen molar-refractivity contribution in [1.82, 2.24) is 5.32 Å². The van der Waals surface area contributed by atoms with Gasteiger partial charge in [0.25, 0.3) is 0 Å². The summed E-state index contributed by atoms with van der Waals surface area (Å²) in [6, 6.07) is 8.98. The Kier molecular flexibility index (Phi) is 7.06. The molecule has 1 rings (SSSR count). The molecule has 1 aromatic rings. The van der Waals surface area contributed by atoms with E-state index in [9.17, 15) is 0 Å². The molecule has 108 valence electrons. The Hall–Kier alpha value is -0.900. The molecule has 3 heteroatoms. The average Bonchev–Trinajstić information content (AvgIpc) is 2.41. The van der Waals surface area contributed by atoms with Gasteiger partial charge in [-0.15, -0.1) is 0 Å². The third-order valence-electron chi connectivity index (χ3n) is 3.36. The molecule has 1 unspecified atom stereocenters. The smallest absolute Gasteiger partial charge is 0.172 e. The Morgan fingerprint density at radius 3 is 2.05 bits per heavy atom. The number of ether oxygens (including phenoxy) is 2. The van der Waals surface area contributed by atoms with Crippen molar-refractivity contribution in [2.45, 2.75) is 45.4 Å². The number of benzene rings is 1. The van der Waals surface area contributed by atoms with Crippen LogP contribution in [0.25, 0.3) is 0 Å². The van der Waals surface area contributed by atoms with Crippen LogP contribution in [0.5, 0.6) is 0 Å². The maximum absolute atomic E-state index is 5.36. The summed E-state index contributed by atoms with van der Waals surface area (Å²) in [6.45, 7) is 7.42. The minimum absolute atomic E-state index is 0.171. The second-order valence-electron chi connectivity index (χ2n) is 5.10. The third kappa shape index (κ3) is 4.94. The van der Waals surface area contributed by atoms with E-state index in [0.717, 1.165) is 13.0 Å². The van der Waals surface area contributed by atoms with Gasteiger partial charge in [-0.2, -0.15) is 0 Å². The van der Waals surface area contributed by atoms with Gasteiger partial charge in [-0.3, -0.25) is 0 Å². The Labute approximate surface area is 117 Å². The van der Waals surface area contributed by atoms with Crippen molar-refractivity contribution in [2.24, 2.45) is 0 Å². The summed E-state index contributed by atoms with van der Waals surface area (Å²) in [7, 11) is 3.36. The molecular weight excluding hydrogens is 238 g/mol. The van der Waals surface area contributed by atoms with Gasteiger partial charge < -0.3 is 14.8 Å². The van der Waals surface area contributed by atoms with Crippen LogP contribution in [0.4, 0.5) is 0 Å². The minimum Gasteiger partial charge on any atom is -0.354 e. The molecule has 0 saturated heterocycles. The molecule has 1 aromatic carbocycles. The Morgan fingerprint density at radius 1 is 1.05 bits per heavy atom. The molecule has 0 aliphatic rings. The summed E-state index contributed by atoms with van der Waals surface area (Å²) in [5, 5.41) is 3.42. The summed E-state index contributed by atoms with van der Waals surface area (Å²) < 4.78 is 10.7. The standard InChI is InChI=1S/C16H27NO2/c1-6-17-15(16(18-4)19-5)11-13-7-9-14(10-8-13)12(2)3/h7-10,12,15-17H,6,11H2,1-5H3. The molecule has 0 amide bonds. The zero-order valence-electron chi connectivity index (χ0n) is 12.8. The van der Waals surface area contributed by atoms with Crippen molar-refractivity contribution in [3.63, 3.8) is 0 Å². The molecule has 0 radical (unpaired) electrons. The second-order valence-corrected chi connectivity index (χ2v) is 5.10. The first-order valence-corrected chi connectivity index (χ1v) is 7.00. The summed E-state index contributed by atoms with van der Waals surface area (Å²) in [6.07, 6.45) is 0.684. The van der Waals surface area contributed by atoms with Crippen LogP contribution in [0.2, 0.25) is 0 Å². The van der Waals surface area contributed by atoms with E-state index >= 15 is 0 Å². The van der Waals surface area contributed by atoms with E-state index in [1.165, 1.54) is 11.1 Å². The van der Waals surface area contributed by atoms with Crippen molar-refractivity contribution < 1.29 is 9.47 Å². The lowest BCUT2D eigenvalue weighted by atomic mass is 9.99. The van der Waals surface area contributed by atoms with Gasteiger partial charge >= 0.3 is 0 Å². The maximum atomic E-state index is 5.36. The van der Waals surface area contributed by atoms with Crippen molar-refractivity contribution in [2.75, 3.05) is 20.8 Å². The number of likely N-dealkylation sites (N-methyl/N-ethyl adjacent to an activating group) is 1. The fourth-order valence-electron chi connectivity index (χ4n) is 2.24. The van der Waals surface area contributed by atoms with Gasteiger partial charge in [-0.05, 0) is 30.0 Å². The van der Waals surface area contributed by atoms with Crippen LogP contribution in [-0.4, -0.2) is 33.1 Å². The molecule has 0 aliphatic carbocycles. The molecule has 1 N–H and O–H groups in total. The highest BCUT2D eigenvalue weighted by atomic mass is 16.7. The number of nitrogens with one attached hydrogen (secondary N) is 1. The largest absolute Gasteiger partial charge is 0.354 e. The van der Waals surface area contributed by atoms with Crippen LogP contribution in [0.1, 0.15) is 37.8 Å². The molecule has 0 aromatic heterocycles. The van der Waals surface area contributed by atoms with Crippen LogP contribution in [0.15, 0.2) is 24.3 Å². The molecule has 0 heterocycles. The average molecular weight is 265 g/mol. The van der Waals surface area contributed by atoms with E-state index < -0.39 is 0 Å². The summed E-state index contributed by atoms with van der Waals surface area (Å²) in [5.74, 6) is 0.573. The zero-order chi connectivity index (χ0) is 14.3. The lowest BCUT2D eigenvalue weighted by Gasteiger charge is -2.25. The van der Waals surface area contributed by atoms with Gasteiger partial charge in [0.05, 0.1) is 6.04 Å². The second kappa shape index (κ2) is 8.31. The van der Waals surface area contributed by atoms with Crippen LogP contribution >= 0.6 is 0 Å². The fourth-order valence-corrected chi connectivity index (χ4v) is 2.24. The highest BCUT2D eigenvalue weighted by Crippen LogP contribution is 2.16. The zero-order valence-corrected chi connectivity index (χ0v) is 12.8. The van der Waals surface area contributed by atoms with Gasteiger partial charge in [-0.25, -0.2) is 0 Å². The van der Waals surface area contributed by atoms with E-state index in [2.05, 4.69) is 50.4 Å². The number of rotatable bonds is 8. The third-order valence-corrected chi connectivity index (χ3v) is 3.36. The fraction of sp³-hybridized carbons (Fsp3) is 0.625. The SMILES string of the molecule is CCNC(Cc1ccc(C(C)C)cc1)C(OC)OC. The number of hydrogen-bond acceptors (Lipinski definition) is 3. The predicted molar refractivity (Wildman–Crippen MR) is 79.5 cm³/mol.